The first-order valence-corrected chi connectivity index (χ1v) is 5.68. The number of terminal acetylenes is 1. The van der Waals surface area contributed by atoms with Crippen LogP contribution in [0, 0.1) is 19.3 Å². The SMILES string of the molecule is C#CCCC(=O)Nc1c[nH]c(C)c1C(=O)OCC. The number of nitrogens with one attached hydrogen (secondary N) is 2. The second kappa shape index (κ2) is 6.50. The average molecular weight is 248 g/mol. The number of aryl methyl sites for hydroxylation is 1. The van der Waals surface area contributed by atoms with Crippen LogP contribution in [-0.4, -0.2) is 23.5 Å². The summed E-state index contributed by atoms with van der Waals surface area (Å²) in [7, 11) is 0. The molecule has 5 heteroatoms. The summed E-state index contributed by atoms with van der Waals surface area (Å²) in [6.07, 6.45) is 7.24. The number of aromatic amines is 1. The topological polar surface area (TPSA) is 71.2 Å². The quantitative estimate of drug-likeness (QED) is 0.617. The molecule has 1 amide bonds. The number of hydrogen-bond donors (Lipinski definition) is 2. The molecule has 0 saturated carbocycles. The lowest BCUT2D eigenvalue weighted by molar-refractivity contribution is -0.116. The molecule has 1 aromatic heterocycles. The Kier molecular flexibility index (Phi) is 5.00. The number of carbonyl (C=O) groups excluding carboxylic acids is 2. The number of anilines is 1. The molecule has 0 aliphatic heterocycles. The van der Waals surface area contributed by atoms with E-state index in [2.05, 4.69) is 16.2 Å². The highest BCUT2D eigenvalue weighted by Crippen LogP contribution is 2.20. The number of esters is 1. The van der Waals surface area contributed by atoms with Gasteiger partial charge in [-0.1, -0.05) is 0 Å². The smallest absolute Gasteiger partial charge is 0.342 e. The molecule has 0 radical (unpaired) electrons. The Morgan fingerprint density at radius 2 is 2.28 bits per heavy atom. The molecule has 0 unspecified atom stereocenters. The summed E-state index contributed by atoms with van der Waals surface area (Å²) >= 11 is 0. The maximum Gasteiger partial charge on any atom is 0.342 e. The molecule has 0 aliphatic carbocycles. The number of H-pyrrole nitrogens is 1. The van der Waals surface area contributed by atoms with Gasteiger partial charge in [0.05, 0.1) is 12.3 Å². The number of carbonyl (C=O) groups is 2. The van der Waals surface area contributed by atoms with Gasteiger partial charge in [0.2, 0.25) is 5.91 Å². The van der Waals surface area contributed by atoms with E-state index < -0.39 is 5.97 Å². The second-order valence-electron chi connectivity index (χ2n) is 3.68. The largest absolute Gasteiger partial charge is 0.462 e. The lowest BCUT2D eigenvalue weighted by atomic mass is 10.2. The molecule has 0 spiro atoms. The molecule has 1 rings (SSSR count). The molecule has 5 nitrogen and oxygen atoms in total. The van der Waals surface area contributed by atoms with Gasteiger partial charge in [0.15, 0.2) is 0 Å². The van der Waals surface area contributed by atoms with Crippen molar-refractivity contribution >= 4 is 17.6 Å². The monoisotopic (exact) mass is 248 g/mol. The Bertz CT molecular complexity index is 483. The molecule has 1 aromatic rings. The predicted octanol–water partition coefficient (Wildman–Crippen LogP) is 1.85. The van der Waals surface area contributed by atoms with E-state index in [0.29, 0.717) is 23.4 Å². The van der Waals surface area contributed by atoms with E-state index in [1.165, 1.54) is 0 Å². The van der Waals surface area contributed by atoms with Gasteiger partial charge >= 0.3 is 5.97 Å². The van der Waals surface area contributed by atoms with Crippen molar-refractivity contribution in [2.45, 2.75) is 26.7 Å². The summed E-state index contributed by atoms with van der Waals surface area (Å²) in [6, 6.07) is 0. The van der Waals surface area contributed by atoms with Crippen molar-refractivity contribution in [3.8, 4) is 12.3 Å². The average Bonchev–Trinajstić information content (AvgIpc) is 2.68. The minimum absolute atomic E-state index is 0.225. The van der Waals surface area contributed by atoms with Gasteiger partial charge < -0.3 is 15.0 Å². The summed E-state index contributed by atoms with van der Waals surface area (Å²) in [5, 5.41) is 2.64. The summed E-state index contributed by atoms with van der Waals surface area (Å²) in [5.74, 6) is 1.71. The van der Waals surface area contributed by atoms with E-state index in [-0.39, 0.29) is 18.9 Å². The Balaban J connectivity index is 2.81. The molecule has 2 N–H and O–H groups in total. The predicted molar refractivity (Wildman–Crippen MR) is 68.2 cm³/mol. The molecule has 0 aromatic carbocycles. The van der Waals surface area contributed by atoms with Crippen molar-refractivity contribution < 1.29 is 14.3 Å². The van der Waals surface area contributed by atoms with Gasteiger partial charge in [0.1, 0.15) is 5.56 Å². The van der Waals surface area contributed by atoms with E-state index in [1.54, 1.807) is 20.0 Å². The van der Waals surface area contributed by atoms with Crippen molar-refractivity contribution in [2.24, 2.45) is 0 Å². The lowest BCUT2D eigenvalue weighted by Gasteiger charge is -2.06. The van der Waals surface area contributed by atoms with Crippen molar-refractivity contribution in [3.63, 3.8) is 0 Å². The van der Waals surface area contributed by atoms with Gasteiger partial charge in [-0.05, 0) is 13.8 Å². The standard InChI is InChI=1S/C13H16N2O3/c1-4-6-7-11(16)15-10-8-14-9(3)12(10)13(17)18-5-2/h1,8,14H,5-7H2,2-3H3,(H,15,16). The van der Waals surface area contributed by atoms with Crippen LogP contribution in [0.15, 0.2) is 6.20 Å². The zero-order chi connectivity index (χ0) is 13.5. The van der Waals surface area contributed by atoms with Gasteiger partial charge in [-0.15, -0.1) is 12.3 Å². The van der Waals surface area contributed by atoms with E-state index in [9.17, 15) is 9.59 Å². The van der Waals surface area contributed by atoms with Crippen molar-refractivity contribution in [3.05, 3.63) is 17.5 Å². The molecular weight excluding hydrogens is 232 g/mol. The van der Waals surface area contributed by atoms with E-state index in [0.717, 1.165) is 0 Å². The normalized spacial score (nSPS) is 9.61. The van der Waals surface area contributed by atoms with Crippen molar-refractivity contribution in [1.29, 1.82) is 0 Å². The van der Waals surface area contributed by atoms with E-state index in [4.69, 9.17) is 11.2 Å². The van der Waals surface area contributed by atoms with Gasteiger partial charge in [-0.2, -0.15) is 0 Å². The molecule has 1 heterocycles. The minimum atomic E-state index is -0.455. The molecule has 0 bridgehead atoms. The van der Waals surface area contributed by atoms with Gasteiger partial charge in [0, 0.05) is 24.7 Å². The zero-order valence-corrected chi connectivity index (χ0v) is 10.5. The van der Waals surface area contributed by atoms with Crippen LogP contribution in [0.2, 0.25) is 0 Å². The molecule has 0 atom stereocenters. The van der Waals surface area contributed by atoms with Crippen molar-refractivity contribution in [2.75, 3.05) is 11.9 Å². The highest BCUT2D eigenvalue weighted by Gasteiger charge is 2.18. The maximum atomic E-state index is 11.7. The number of rotatable bonds is 5. The third kappa shape index (κ3) is 3.39. The molecular formula is C13H16N2O3. The number of ether oxygens (including phenoxy) is 1. The third-order valence-electron chi connectivity index (χ3n) is 2.33. The van der Waals surface area contributed by atoms with Crippen LogP contribution in [-0.2, 0) is 9.53 Å². The lowest BCUT2D eigenvalue weighted by Crippen LogP contribution is -2.14. The number of hydrogen-bond acceptors (Lipinski definition) is 3. The van der Waals surface area contributed by atoms with Crippen LogP contribution in [0.4, 0.5) is 5.69 Å². The summed E-state index contributed by atoms with van der Waals surface area (Å²) in [4.78, 5) is 26.1. The highest BCUT2D eigenvalue weighted by molar-refractivity contribution is 6.02. The Hall–Kier alpha value is -2.22. The van der Waals surface area contributed by atoms with Crippen LogP contribution in [0.3, 0.4) is 0 Å². The number of amides is 1. The van der Waals surface area contributed by atoms with E-state index >= 15 is 0 Å². The fourth-order valence-electron chi connectivity index (χ4n) is 1.49. The van der Waals surface area contributed by atoms with Crippen LogP contribution in [0.25, 0.3) is 0 Å². The zero-order valence-electron chi connectivity index (χ0n) is 10.5. The first-order chi connectivity index (χ1) is 8.60. The van der Waals surface area contributed by atoms with Crippen LogP contribution >= 0.6 is 0 Å². The molecule has 0 fully saturated rings. The van der Waals surface area contributed by atoms with Gasteiger partial charge in [0.25, 0.3) is 0 Å². The maximum absolute atomic E-state index is 11.7. The molecule has 0 saturated heterocycles. The minimum Gasteiger partial charge on any atom is -0.462 e. The Labute approximate surface area is 106 Å². The van der Waals surface area contributed by atoms with Crippen molar-refractivity contribution in [1.82, 2.24) is 4.98 Å². The van der Waals surface area contributed by atoms with Crippen LogP contribution in [0.5, 0.6) is 0 Å². The Morgan fingerprint density at radius 1 is 1.56 bits per heavy atom. The third-order valence-corrected chi connectivity index (χ3v) is 2.33. The Morgan fingerprint density at radius 3 is 2.89 bits per heavy atom. The van der Waals surface area contributed by atoms with Crippen LogP contribution in [0.1, 0.15) is 35.8 Å². The number of aromatic nitrogens is 1. The van der Waals surface area contributed by atoms with Gasteiger partial charge in [-0.3, -0.25) is 4.79 Å². The summed E-state index contributed by atoms with van der Waals surface area (Å²) < 4.78 is 4.93. The van der Waals surface area contributed by atoms with Gasteiger partial charge in [-0.25, -0.2) is 4.79 Å². The highest BCUT2D eigenvalue weighted by atomic mass is 16.5. The first kappa shape index (κ1) is 13.8. The second-order valence-corrected chi connectivity index (χ2v) is 3.68. The molecule has 18 heavy (non-hydrogen) atoms. The van der Waals surface area contributed by atoms with E-state index in [1.807, 2.05) is 0 Å². The fourth-order valence-corrected chi connectivity index (χ4v) is 1.49. The fraction of sp³-hybridized carbons (Fsp3) is 0.385. The summed E-state index contributed by atoms with van der Waals surface area (Å²) in [5.41, 5.74) is 1.43. The first-order valence-electron chi connectivity index (χ1n) is 5.68. The van der Waals surface area contributed by atoms with Crippen LogP contribution < -0.4 is 5.32 Å². The summed E-state index contributed by atoms with van der Waals surface area (Å²) in [6.45, 7) is 3.75. The molecule has 0 aliphatic rings. The molecule has 96 valence electrons.